The molecule has 94 valence electrons. The summed E-state index contributed by atoms with van der Waals surface area (Å²) in [5, 5.41) is 8.52. The summed E-state index contributed by atoms with van der Waals surface area (Å²) in [5.74, 6) is 7.25. The highest BCUT2D eigenvalue weighted by molar-refractivity contribution is 8.00. The van der Waals surface area contributed by atoms with Gasteiger partial charge in [-0.15, -0.1) is 10.2 Å². The maximum Gasteiger partial charge on any atom is 0.235 e. The van der Waals surface area contributed by atoms with Gasteiger partial charge in [0, 0.05) is 20.0 Å². The summed E-state index contributed by atoms with van der Waals surface area (Å²) in [6.45, 7) is 1.85. The standard InChI is InChI=1S/C10H17N5OS/c1-6(9(16)14(2)3)17-10-13-12-8(15(10)11)7-4-5-7/h6-7H,4-5,11H2,1-3H3/t6-/m0/s1. The summed E-state index contributed by atoms with van der Waals surface area (Å²) >= 11 is 1.35. The molecule has 1 aromatic heterocycles. The van der Waals surface area contributed by atoms with Crippen LogP contribution in [-0.2, 0) is 4.79 Å². The number of carbonyl (C=O) groups is 1. The average Bonchev–Trinajstić information content (AvgIpc) is 3.05. The lowest BCUT2D eigenvalue weighted by Crippen LogP contribution is -2.30. The number of hydrogen-bond donors (Lipinski definition) is 1. The van der Waals surface area contributed by atoms with Gasteiger partial charge in [0.2, 0.25) is 11.1 Å². The van der Waals surface area contributed by atoms with Crippen molar-refractivity contribution in [3.05, 3.63) is 5.82 Å². The van der Waals surface area contributed by atoms with Gasteiger partial charge in [-0.25, -0.2) is 4.68 Å². The van der Waals surface area contributed by atoms with Gasteiger partial charge in [0.05, 0.1) is 5.25 Å². The van der Waals surface area contributed by atoms with Crippen molar-refractivity contribution in [1.29, 1.82) is 0 Å². The predicted octanol–water partition coefficient (Wildman–Crippen LogP) is 0.438. The minimum atomic E-state index is -0.205. The Morgan fingerprint density at radius 1 is 1.53 bits per heavy atom. The molecule has 1 aliphatic carbocycles. The van der Waals surface area contributed by atoms with Crippen LogP contribution in [0.3, 0.4) is 0 Å². The van der Waals surface area contributed by atoms with Crippen LogP contribution in [-0.4, -0.2) is 45.0 Å². The first-order valence-electron chi connectivity index (χ1n) is 5.59. The number of amides is 1. The fourth-order valence-electron chi connectivity index (χ4n) is 1.56. The van der Waals surface area contributed by atoms with E-state index in [2.05, 4.69) is 10.2 Å². The van der Waals surface area contributed by atoms with Crippen molar-refractivity contribution >= 4 is 17.7 Å². The Kier molecular flexibility index (Phi) is 3.28. The summed E-state index contributed by atoms with van der Waals surface area (Å²) in [4.78, 5) is 13.3. The van der Waals surface area contributed by atoms with E-state index in [0.717, 1.165) is 18.7 Å². The quantitative estimate of drug-likeness (QED) is 0.624. The van der Waals surface area contributed by atoms with Crippen LogP contribution in [0.15, 0.2) is 5.16 Å². The molecule has 2 N–H and O–H groups in total. The van der Waals surface area contributed by atoms with Crippen molar-refractivity contribution in [2.75, 3.05) is 19.9 Å². The monoisotopic (exact) mass is 255 g/mol. The van der Waals surface area contributed by atoms with Crippen LogP contribution < -0.4 is 5.84 Å². The molecule has 7 heteroatoms. The van der Waals surface area contributed by atoms with Crippen molar-refractivity contribution in [2.24, 2.45) is 0 Å². The highest BCUT2D eigenvalue weighted by atomic mass is 32.2. The minimum absolute atomic E-state index is 0.0472. The predicted molar refractivity (Wildman–Crippen MR) is 66.2 cm³/mol. The molecule has 1 heterocycles. The molecule has 0 saturated heterocycles. The van der Waals surface area contributed by atoms with Gasteiger partial charge in [0.1, 0.15) is 0 Å². The van der Waals surface area contributed by atoms with E-state index in [1.165, 1.54) is 16.4 Å². The van der Waals surface area contributed by atoms with Gasteiger partial charge >= 0.3 is 0 Å². The number of hydrogen-bond acceptors (Lipinski definition) is 5. The van der Waals surface area contributed by atoms with E-state index in [1.54, 1.807) is 19.0 Å². The summed E-state index contributed by atoms with van der Waals surface area (Å²) in [7, 11) is 3.48. The molecule has 0 aliphatic heterocycles. The van der Waals surface area contributed by atoms with Crippen LogP contribution >= 0.6 is 11.8 Å². The first kappa shape index (κ1) is 12.2. The molecular formula is C10H17N5OS. The third-order valence-electron chi connectivity index (χ3n) is 2.70. The van der Waals surface area contributed by atoms with E-state index in [-0.39, 0.29) is 11.2 Å². The number of nitrogens with zero attached hydrogens (tertiary/aromatic N) is 4. The zero-order valence-electron chi connectivity index (χ0n) is 10.3. The van der Waals surface area contributed by atoms with Crippen molar-refractivity contribution in [3.8, 4) is 0 Å². The molecule has 1 fully saturated rings. The third-order valence-corrected chi connectivity index (χ3v) is 3.75. The zero-order valence-corrected chi connectivity index (χ0v) is 11.1. The summed E-state index contributed by atoms with van der Waals surface area (Å²) in [6, 6.07) is 0. The summed E-state index contributed by atoms with van der Waals surface area (Å²) < 4.78 is 1.52. The highest BCUT2D eigenvalue weighted by Gasteiger charge is 2.30. The van der Waals surface area contributed by atoms with Crippen molar-refractivity contribution in [2.45, 2.75) is 36.1 Å². The highest BCUT2D eigenvalue weighted by Crippen LogP contribution is 2.39. The van der Waals surface area contributed by atoms with Gasteiger partial charge in [-0.3, -0.25) is 4.79 Å². The van der Waals surface area contributed by atoms with Crippen LogP contribution in [0.5, 0.6) is 0 Å². The Morgan fingerprint density at radius 2 is 2.18 bits per heavy atom. The molecule has 0 aromatic carbocycles. The average molecular weight is 255 g/mol. The number of rotatable bonds is 4. The second-order valence-electron chi connectivity index (χ2n) is 4.48. The van der Waals surface area contributed by atoms with E-state index < -0.39 is 0 Å². The Morgan fingerprint density at radius 3 is 2.71 bits per heavy atom. The molecule has 0 unspecified atom stereocenters. The fraction of sp³-hybridized carbons (Fsp3) is 0.700. The Bertz CT molecular complexity index is 426. The second kappa shape index (κ2) is 4.56. The Hall–Kier alpha value is -1.24. The number of nitrogen functional groups attached to an aromatic ring is 1. The minimum Gasteiger partial charge on any atom is -0.348 e. The number of nitrogens with two attached hydrogens (primary N) is 1. The van der Waals surface area contributed by atoms with E-state index in [9.17, 15) is 4.79 Å². The molecule has 0 spiro atoms. The zero-order chi connectivity index (χ0) is 12.6. The number of thioether (sulfide) groups is 1. The molecule has 0 radical (unpaired) electrons. The lowest BCUT2D eigenvalue weighted by atomic mass is 10.4. The lowest BCUT2D eigenvalue weighted by molar-refractivity contribution is -0.127. The number of carbonyl (C=O) groups excluding carboxylic acids is 1. The fourth-order valence-corrected chi connectivity index (χ4v) is 2.48. The topological polar surface area (TPSA) is 77.0 Å². The molecule has 6 nitrogen and oxygen atoms in total. The first-order chi connectivity index (χ1) is 8.00. The van der Waals surface area contributed by atoms with Crippen LogP contribution in [0, 0.1) is 0 Å². The number of aromatic nitrogens is 3. The van der Waals surface area contributed by atoms with Gasteiger partial charge < -0.3 is 10.7 Å². The van der Waals surface area contributed by atoms with Gasteiger partial charge in [-0.2, -0.15) is 0 Å². The van der Waals surface area contributed by atoms with Gasteiger partial charge in [0.25, 0.3) is 0 Å². The molecule has 1 amide bonds. The third kappa shape index (κ3) is 2.54. The maximum atomic E-state index is 11.7. The molecule has 17 heavy (non-hydrogen) atoms. The van der Waals surface area contributed by atoms with Crippen LogP contribution in [0.4, 0.5) is 0 Å². The van der Waals surface area contributed by atoms with Crippen LogP contribution in [0.2, 0.25) is 0 Å². The van der Waals surface area contributed by atoms with Gasteiger partial charge in [0.15, 0.2) is 5.82 Å². The molecule has 1 aliphatic rings. The normalized spacial score (nSPS) is 16.9. The van der Waals surface area contributed by atoms with E-state index in [4.69, 9.17) is 5.84 Å². The molecular weight excluding hydrogens is 238 g/mol. The van der Waals surface area contributed by atoms with Gasteiger partial charge in [-0.05, 0) is 19.8 Å². The largest absolute Gasteiger partial charge is 0.348 e. The van der Waals surface area contributed by atoms with Crippen molar-refractivity contribution in [3.63, 3.8) is 0 Å². The van der Waals surface area contributed by atoms with Crippen molar-refractivity contribution in [1.82, 2.24) is 19.8 Å². The summed E-state index contributed by atoms with van der Waals surface area (Å²) in [5.41, 5.74) is 0. The molecule has 2 rings (SSSR count). The molecule has 0 bridgehead atoms. The van der Waals surface area contributed by atoms with Gasteiger partial charge in [-0.1, -0.05) is 11.8 Å². The molecule has 1 aromatic rings. The van der Waals surface area contributed by atoms with Crippen LogP contribution in [0.1, 0.15) is 31.5 Å². The first-order valence-corrected chi connectivity index (χ1v) is 6.47. The Labute approximate surface area is 105 Å². The summed E-state index contributed by atoms with van der Waals surface area (Å²) in [6.07, 6.45) is 2.26. The molecule has 1 atom stereocenters. The van der Waals surface area contributed by atoms with E-state index >= 15 is 0 Å². The molecule has 1 saturated carbocycles. The van der Waals surface area contributed by atoms with Crippen molar-refractivity contribution < 1.29 is 4.79 Å². The SMILES string of the molecule is C[C@H](Sc1nnc(C2CC2)n1N)C(=O)N(C)C. The maximum absolute atomic E-state index is 11.7. The lowest BCUT2D eigenvalue weighted by Gasteiger charge is -2.15. The Balaban J connectivity index is 2.05. The van der Waals surface area contributed by atoms with Crippen LogP contribution in [0.25, 0.3) is 0 Å². The second-order valence-corrected chi connectivity index (χ2v) is 5.79. The van der Waals surface area contributed by atoms with E-state index in [0.29, 0.717) is 11.1 Å². The van der Waals surface area contributed by atoms with E-state index in [1.807, 2.05) is 6.92 Å². The smallest absolute Gasteiger partial charge is 0.235 e.